The average Bonchev–Trinajstić information content (AvgIpc) is 3.40. The van der Waals surface area contributed by atoms with Crippen molar-refractivity contribution in [3.05, 3.63) is 108 Å². The molecule has 170 valence electrons. The molecule has 5 heteroatoms. The molecule has 3 aromatic carbocycles. The molecule has 1 saturated heterocycles. The minimum Gasteiger partial charge on any atom is -0.342 e. The fraction of sp³-hybridized carbons (Fsp3) is 0.286. The number of benzene rings is 3. The molecule has 0 radical (unpaired) electrons. The molecule has 4 rings (SSSR count). The first-order valence-electron chi connectivity index (χ1n) is 11.6. The lowest BCUT2D eigenvalue weighted by atomic mass is 9.84. The molecule has 0 unspecified atom stereocenters. The topological polar surface area (TPSA) is 61.4 Å². The lowest BCUT2D eigenvalue weighted by Crippen LogP contribution is -2.54. The summed E-state index contributed by atoms with van der Waals surface area (Å²) in [7, 11) is 1.80. The van der Waals surface area contributed by atoms with E-state index in [1.165, 1.54) is 0 Å². The molecular weight excluding hydrogens is 410 g/mol. The van der Waals surface area contributed by atoms with Gasteiger partial charge in [-0.2, -0.15) is 0 Å². The molecule has 0 aromatic heterocycles. The molecular formula is C28H31N3O2. The molecule has 1 aliphatic heterocycles. The normalized spacial score (nSPS) is 16.4. The largest absolute Gasteiger partial charge is 0.342 e. The van der Waals surface area contributed by atoms with Crippen molar-refractivity contribution < 1.29 is 9.59 Å². The van der Waals surface area contributed by atoms with Crippen LogP contribution in [0.15, 0.2) is 91.0 Å². The fourth-order valence-corrected chi connectivity index (χ4v) is 4.52. The molecule has 2 amide bonds. The van der Waals surface area contributed by atoms with Crippen LogP contribution in [0.4, 0.5) is 0 Å². The van der Waals surface area contributed by atoms with Crippen molar-refractivity contribution in [2.75, 3.05) is 13.6 Å². The number of amides is 2. The van der Waals surface area contributed by atoms with Gasteiger partial charge in [0, 0.05) is 19.5 Å². The maximum atomic E-state index is 13.9. The van der Waals surface area contributed by atoms with Crippen LogP contribution in [-0.4, -0.2) is 42.4 Å². The van der Waals surface area contributed by atoms with Crippen molar-refractivity contribution in [3.63, 3.8) is 0 Å². The van der Waals surface area contributed by atoms with E-state index < -0.39 is 6.04 Å². The van der Waals surface area contributed by atoms with Crippen molar-refractivity contribution in [1.82, 2.24) is 15.5 Å². The molecule has 0 bridgehead atoms. The third kappa shape index (κ3) is 5.68. The predicted molar refractivity (Wildman–Crippen MR) is 131 cm³/mol. The van der Waals surface area contributed by atoms with Crippen LogP contribution >= 0.6 is 0 Å². The van der Waals surface area contributed by atoms with Crippen LogP contribution in [0, 0.1) is 0 Å². The van der Waals surface area contributed by atoms with E-state index >= 15 is 0 Å². The van der Waals surface area contributed by atoms with E-state index in [0.717, 1.165) is 36.1 Å². The van der Waals surface area contributed by atoms with E-state index in [1.54, 1.807) is 11.9 Å². The van der Waals surface area contributed by atoms with E-state index in [2.05, 4.69) is 10.6 Å². The highest BCUT2D eigenvalue weighted by Crippen LogP contribution is 2.29. The van der Waals surface area contributed by atoms with Gasteiger partial charge in [-0.25, -0.2) is 0 Å². The van der Waals surface area contributed by atoms with Crippen molar-refractivity contribution in [3.8, 4) is 0 Å². The number of rotatable bonds is 8. The van der Waals surface area contributed by atoms with Crippen LogP contribution in [0.3, 0.4) is 0 Å². The highest BCUT2D eigenvalue weighted by Gasteiger charge is 2.36. The Balaban J connectivity index is 1.69. The zero-order valence-corrected chi connectivity index (χ0v) is 19.0. The Morgan fingerprint density at radius 3 is 1.97 bits per heavy atom. The van der Waals surface area contributed by atoms with Gasteiger partial charge >= 0.3 is 0 Å². The van der Waals surface area contributed by atoms with Gasteiger partial charge in [0.05, 0.1) is 6.04 Å². The number of nitrogens with one attached hydrogen (secondary N) is 2. The van der Waals surface area contributed by atoms with Gasteiger partial charge in [-0.1, -0.05) is 91.0 Å². The lowest BCUT2D eigenvalue weighted by molar-refractivity contribution is -0.136. The number of hydrogen-bond acceptors (Lipinski definition) is 3. The number of likely N-dealkylation sites (N-methyl/N-ethyl adjacent to an activating group) is 1. The molecule has 0 spiro atoms. The Kier molecular flexibility index (Phi) is 7.53. The van der Waals surface area contributed by atoms with Crippen LogP contribution in [-0.2, 0) is 16.1 Å². The Morgan fingerprint density at radius 2 is 1.45 bits per heavy atom. The van der Waals surface area contributed by atoms with Crippen LogP contribution in [0.5, 0.6) is 0 Å². The summed E-state index contributed by atoms with van der Waals surface area (Å²) in [4.78, 5) is 28.8. The summed E-state index contributed by atoms with van der Waals surface area (Å²) in [6.07, 6.45) is 1.75. The summed E-state index contributed by atoms with van der Waals surface area (Å²) in [5.41, 5.74) is 3.04. The van der Waals surface area contributed by atoms with Gasteiger partial charge in [-0.3, -0.25) is 9.59 Å². The quantitative estimate of drug-likeness (QED) is 0.560. The standard InChI is InChI=1S/C28H31N3O2/c1-31(20-21-12-5-2-6-13-21)28(33)26(30-27(32)24-18-11-19-29-24)25(22-14-7-3-8-15-22)23-16-9-4-10-17-23/h2-10,12-17,24-26,29H,11,18-20H2,1H3,(H,30,32)/t24-,26+/m0/s1. The maximum absolute atomic E-state index is 13.9. The Morgan fingerprint density at radius 1 is 0.909 bits per heavy atom. The van der Waals surface area contributed by atoms with Crippen LogP contribution in [0.2, 0.25) is 0 Å². The number of hydrogen-bond donors (Lipinski definition) is 2. The summed E-state index contributed by atoms with van der Waals surface area (Å²) in [6.45, 7) is 1.30. The zero-order chi connectivity index (χ0) is 23.0. The van der Waals surface area contributed by atoms with Crippen molar-refractivity contribution in [1.29, 1.82) is 0 Å². The van der Waals surface area contributed by atoms with E-state index in [-0.39, 0.29) is 23.8 Å². The first-order valence-corrected chi connectivity index (χ1v) is 11.6. The average molecular weight is 442 g/mol. The fourth-order valence-electron chi connectivity index (χ4n) is 4.52. The van der Waals surface area contributed by atoms with Gasteiger partial charge in [0.15, 0.2) is 0 Å². The Bertz CT molecular complexity index is 995. The summed E-state index contributed by atoms with van der Waals surface area (Å²) in [5.74, 6) is -0.526. The van der Waals surface area contributed by atoms with Gasteiger partial charge in [0.25, 0.3) is 0 Å². The first-order chi connectivity index (χ1) is 16.1. The van der Waals surface area contributed by atoms with Gasteiger partial charge in [-0.15, -0.1) is 0 Å². The van der Waals surface area contributed by atoms with Crippen LogP contribution in [0.1, 0.15) is 35.4 Å². The minimum atomic E-state index is -0.724. The smallest absolute Gasteiger partial charge is 0.246 e. The highest BCUT2D eigenvalue weighted by molar-refractivity contribution is 5.91. The molecule has 3 aromatic rings. The molecule has 1 heterocycles. The van der Waals surface area contributed by atoms with Crippen molar-refractivity contribution >= 4 is 11.8 Å². The first kappa shape index (κ1) is 22.7. The summed E-state index contributed by atoms with van der Waals surface area (Å²) < 4.78 is 0. The zero-order valence-electron chi connectivity index (χ0n) is 19.0. The van der Waals surface area contributed by atoms with Gasteiger partial charge in [0.2, 0.25) is 11.8 Å². The van der Waals surface area contributed by atoms with Gasteiger partial charge in [0.1, 0.15) is 6.04 Å². The predicted octanol–water partition coefficient (Wildman–Crippen LogP) is 3.71. The number of nitrogens with zero attached hydrogens (tertiary/aromatic N) is 1. The second-order valence-corrected chi connectivity index (χ2v) is 8.61. The molecule has 0 saturated carbocycles. The maximum Gasteiger partial charge on any atom is 0.246 e. The molecule has 2 N–H and O–H groups in total. The molecule has 0 aliphatic carbocycles. The second-order valence-electron chi connectivity index (χ2n) is 8.61. The summed E-state index contributed by atoms with van der Waals surface area (Å²) in [6, 6.07) is 28.8. The summed E-state index contributed by atoms with van der Waals surface area (Å²) >= 11 is 0. The number of carbonyl (C=O) groups excluding carboxylic acids is 2. The van der Waals surface area contributed by atoms with E-state index in [9.17, 15) is 9.59 Å². The Hall–Kier alpha value is -3.44. The van der Waals surface area contributed by atoms with Crippen LogP contribution < -0.4 is 10.6 Å². The molecule has 2 atom stereocenters. The lowest BCUT2D eigenvalue weighted by Gasteiger charge is -2.32. The van der Waals surface area contributed by atoms with E-state index in [1.807, 2.05) is 91.0 Å². The van der Waals surface area contributed by atoms with E-state index in [0.29, 0.717) is 6.54 Å². The second kappa shape index (κ2) is 10.9. The third-order valence-corrected chi connectivity index (χ3v) is 6.23. The van der Waals surface area contributed by atoms with E-state index in [4.69, 9.17) is 0 Å². The molecule has 1 aliphatic rings. The molecule has 33 heavy (non-hydrogen) atoms. The Labute approximate surface area is 195 Å². The molecule has 5 nitrogen and oxygen atoms in total. The van der Waals surface area contributed by atoms with Crippen LogP contribution in [0.25, 0.3) is 0 Å². The SMILES string of the molecule is CN(Cc1ccccc1)C(=O)[C@H](NC(=O)[C@@H]1CCCN1)C(c1ccccc1)c1ccccc1. The monoisotopic (exact) mass is 441 g/mol. The van der Waals surface area contributed by atoms with Crippen molar-refractivity contribution in [2.45, 2.75) is 37.4 Å². The van der Waals surface area contributed by atoms with Gasteiger partial charge < -0.3 is 15.5 Å². The number of carbonyl (C=O) groups is 2. The minimum absolute atomic E-state index is 0.108. The highest BCUT2D eigenvalue weighted by atomic mass is 16.2. The third-order valence-electron chi connectivity index (χ3n) is 6.23. The van der Waals surface area contributed by atoms with Gasteiger partial charge in [-0.05, 0) is 36.1 Å². The molecule has 1 fully saturated rings. The van der Waals surface area contributed by atoms with Crippen molar-refractivity contribution in [2.24, 2.45) is 0 Å². The summed E-state index contributed by atoms with van der Waals surface area (Å²) in [5, 5.41) is 6.38.